The lowest BCUT2D eigenvalue weighted by Crippen LogP contribution is -2.25. The van der Waals surface area contributed by atoms with Gasteiger partial charge in [0.25, 0.3) is 11.8 Å². The normalized spacial score (nSPS) is 10.5. The van der Waals surface area contributed by atoms with Crippen LogP contribution in [-0.2, 0) is 6.42 Å². The smallest absolute Gasteiger partial charge is 0.291 e. The average Bonchev–Trinajstić information content (AvgIpc) is 3.24. The van der Waals surface area contributed by atoms with E-state index in [0.717, 1.165) is 10.2 Å². The lowest BCUT2D eigenvalue weighted by Gasteiger charge is -2.06. The first-order valence-electron chi connectivity index (χ1n) is 7.70. The zero-order valence-electron chi connectivity index (χ0n) is 13.4. The zero-order valence-corrected chi connectivity index (χ0v) is 17.4. The molecule has 2 aromatic heterocycles. The van der Waals surface area contributed by atoms with Gasteiger partial charge in [0.2, 0.25) is 0 Å². The van der Waals surface area contributed by atoms with Crippen molar-refractivity contribution in [2.75, 3.05) is 11.9 Å². The van der Waals surface area contributed by atoms with Gasteiger partial charge in [-0.3, -0.25) is 9.59 Å². The minimum absolute atomic E-state index is 0.145. The summed E-state index contributed by atoms with van der Waals surface area (Å²) in [7, 11) is 0. The van der Waals surface area contributed by atoms with Gasteiger partial charge in [-0.1, -0.05) is 0 Å². The minimum atomic E-state index is -0.352. The number of amides is 2. The number of nitrogens with one attached hydrogen (secondary N) is 2. The topological polar surface area (TPSA) is 71.3 Å². The van der Waals surface area contributed by atoms with Gasteiger partial charge in [0, 0.05) is 22.7 Å². The van der Waals surface area contributed by atoms with Crippen molar-refractivity contribution in [3.8, 4) is 0 Å². The summed E-state index contributed by atoms with van der Waals surface area (Å²) in [5.41, 5.74) is 1.12. The first kappa shape index (κ1) is 18.9. The number of thiophene rings is 1. The van der Waals surface area contributed by atoms with Crippen molar-refractivity contribution in [1.82, 2.24) is 5.32 Å². The summed E-state index contributed by atoms with van der Waals surface area (Å²) in [4.78, 5) is 25.4. The van der Waals surface area contributed by atoms with Crippen LogP contribution in [0, 0.1) is 0 Å². The molecule has 0 aliphatic carbocycles. The lowest BCUT2D eigenvalue weighted by atomic mass is 10.2. The second-order valence-corrected chi connectivity index (χ2v) is 8.68. The molecule has 2 N–H and O–H groups in total. The highest BCUT2D eigenvalue weighted by Gasteiger charge is 2.11. The summed E-state index contributed by atoms with van der Waals surface area (Å²) in [6.07, 6.45) is 0.787. The Morgan fingerprint density at radius 2 is 1.73 bits per heavy atom. The Morgan fingerprint density at radius 3 is 2.35 bits per heavy atom. The highest BCUT2D eigenvalue weighted by atomic mass is 79.9. The molecule has 0 aliphatic rings. The maximum absolute atomic E-state index is 12.2. The van der Waals surface area contributed by atoms with Gasteiger partial charge in [-0.05, 0) is 86.8 Å². The molecule has 26 heavy (non-hydrogen) atoms. The Kier molecular flexibility index (Phi) is 6.29. The van der Waals surface area contributed by atoms with Gasteiger partial charge in [-0.2, -0.15) is 0 Å². The molecule has 0 unspecified atom stereocenters. The molecule has 3 rings (SSSR count). The Bertz CT molecular complexity index is 919. The van der Waals surface area contributed by atoms with Crippen LogP contribution in [0.5, 0.6) is 0 Å². The number of rotatable bonds is 6. The number of benzene rings is 1. The second kappa shape index (κ2) is 8.66. The standard InChI is InChI=1S/C18H14Br2N2O3S/c19-15-7-6-14(25-15)18(24)22-12-3-1-11(2-4-12)17(23)21-10-9-13-5-8-16(20)26-13/h1-8H,9-10H2,(H,21,23)(H,22,24). The van der Waals surface area contributed by atoms with Crippen LogP contribution in [0.3, 0.4) is 0 Å². The van der Waals surface area contributed by atoms with Crippen molar-refractivity contribution >= 4 is 60.7 Å². The van der Waals surface area contributed by atoms with Gasteiger partial charge in [-0.15, -0.1) is 11.3 Å². The number of hydrogen-bond acceptors (Lipinski definition) is 4. The maximum atomic E-state index is 12.2. The Labute approximate surface area is 171 Å². The summed E-state index contributed by atoms with van der Waals surface area (Å²) in [6.45, 7) is 0.567. The third-order valence-corrected chi connectivity index (χ3v) is 5.60. The van der Waals surface area contributed by atoms with E-state index in [1.54, 1.807) is 47.7 Å². The predicted octanol–water partition coefficient (Wildman–Crippen LogP) is 5.09. The largest absolute Gasteiger partial charge is 0.444 e. The van der Waals surface area contributed by atoms with Crippen LogP contribution in [0.2, 0.25) is 0 Å². The molecule has 0 spiro atoms. The number of carbonyl (C=O) groups excluding carboxylic acids is 2. The van der Waals surface area contributed by atoms with Crippen molar-refractivity contribution in [2.45, 2.75) is 6.42 Å². The van der Waals surface area contributed by atoms with Crippen molar-refractivity contribution in [3.05, 3.63) is 73.2 Å². The Balaban J connectivity index is 1.51. The molecule has 134 valence electrons. The Morgan fingerprint density at radius 1 is 0.962 bits per heavy atom. The van der Waals surface area contributed by atoms with Crippen molar-refractivity contribution < 1.29 is 14.0 Å². The molecule has 2 amide bonds. The zero-order chi connectivity index (χ0) is 18.5. The Hall–Kier alpha value is -1.90. The van der Waals surface area contributed by atoms with Crippen LogP contribution in [0.25, 0.3) is 0 Å². The van der Waals surface area contributed by atoms with E-state index < -0.39 is 0 Å². The van der Waals surface area contributed by atoms with Gasteiger partial charge >= 0.3 is 0 Å². The van der Waals surface area contributed by atoms with E-state index >= 15 is 0 Å². The second-order valence-electron chi connectivity index (χ2n) is 5.35. The van der Waals surface area contributed by atoms with Crippen LogP contribution in [-0.4, -0.2) is 18.4 Å². The molecule has 0 saturated carbocycles. The van der Waals surface area contributed by atoms with E-state index in [1.807, 2.05) is 12.1 Å². The first-order chi connectivity index (χ1) is 12.5. The molecule has 3 aromatic rings. The number of anilines is 1. The van der Waals surface area contributed by atoms with Crippen LogP contribution in [0.1, 0.15) is 25.8 Å². The fraction of sp³-hybridized carbons (Fsp3) is 0.111. The maximum Gasteiger partial charge on any atom is 0.291 e. The molecule has 8 heteroatoms. The van der Waals surface area contributed by atoms with E-state index in [4.69, 9.17) is 4.42 Å². The summed E-state index contributed by atoms with van der Waals surface area (Å²) < 4.78 is 6.77. The van der Waals surface area contributed by atoms with Gasteiger partial charge in [0.05, 0.1) is 3.79 Å². The molecule has 0 fully saturated rings. The number of furan rings is 1. The highest BCUT2D eigenvalue weighted by molar-refractivity contribution is 9.11. The van der Waals surface area contributed by atoms with E-state index in [9.17, 15) is 9.59 Å². The fourth-order valence-electron chi connectivity index (χ4n) is 2.22. The number of halogens is 2. The monoisotopic (exact) mass is 496 g/mol. The fourth-order valence-corrected chi connectivity index (χ4v) is 4.01. The molecule has 0 radical (unpaired) electrons. The SMILES string of the molecule is O=C(NCCc1ccc(Br)s1)c1ccc(NC(=O)c2ccc(Br)o2)cc1. The molecule has 2 heterocycles. The van der Waals surface area contributed by atoms with Crippen LogP contribution < -0.4 is 10.6 Å². The lowest BCUT2D eigenvalue weighted by molar-refractivity contribution is 0.0953. The average molecular weight is 498 g/mol. The minimum Gasteiger partial charge on any atom is -0.444 e. The van der Waals surface area contributed by atoms with E-state index in [2.05, 4.69) is 42.5 Å². The highest BCUT2D eigenvalue weighted by Crippen LogP contribution is 2.22. The first-order valence-corrected chi connectivity index (χ1v) is 10.1. The molecule has 0 aliphatic heterocycles. The third-order valence-electron chi connectivity index (χ3n) is 3.49. The van der Waals surface area contributed by atoms with Crippen LogP contribution >= 0.6 is 43.2 Å². The van der Waals surface area contributed by atoms with Gasteiger partial charge in [-0.25, -0.2) is 0 Å². The number of hydrogen-bond donors (Lipinski definition) is 2. The van der Waals surface area contributed by atoms with E-state index in [1.165, 1.54) is 4.88 Å². The van der Waals surface area contributed by atoms with E-state index in [0.29, 0.717) is 22.5 Å². The molecule has 0 bridgehead atoms. The molecule has 0 atom stereocenters. The van der Waals surface area contributed by atoms with Crippen molar-refractivity contribution in [1.29, 1.82) is 0 Å². The predicted molar refractivity (Wildman–Crippen MR) is 109 cm³/mol. The molecule has 1 aromatic carbocycles. The van der Waals surface area contributed by atoms with Gasteiger partial charge < -0.3 is 15.1 Å². The number of carbonyl (C=O) groups is 2. The summed E-state index contributed by atoms with van der Waals surface area (Å²) in [5, 5.41) is 5.61. The van der Waals surface area contributed by atoms with Crippen molar-refractivity contribution in [3.63, 3.8) is 0 Å². The quantitative estimate of drug-likeness (QED) is 0.498. The third kappa shape index (κ3) is 5.06. The van der Waals surface area contributed by atoms with Crippen LogP contribution in [0.15, 0.2) is 61.4 Å². The molecule has 0 saturated heterocycles. The van der Waals surface area contributed by atoms with Gasteiger partial charge in [0.1, 0.15) is 0 Å². The van der Waals surface area contributed by atoms with Gasteiger partial charge in [0.15, 0.2) is 10.4 Å². The molecular weight excluding hydrogens is 484 g/mol. The molecule has 5 nitrogen and oxygen atoms in total. The summed E-state index contributed by atoms with van der Waals surface area (Å²) in [6, 6.07) is 14.0. The molecular formula is C18H14Br2N2O3S. The summed E-state index contributed by atoms with van der Waals surface area (Å²) in [5.74, 6) is -0.289. The van der Waals surface area contributed by atoms with Crippen LogP contribution in [0.4, 0.5) is 5.69 Å². The van der Waals surface area contributed by atoms with Crippen molar-refractivity contribution in [2.24, 2.45) is 0 Å². The summed E-state index contributed by atoms with van der Waals surface area (Å²) >= 11 is 8.23. The van der Waals surface area contributed by atoms with E-state index in [-0.39, 0.29) is 17.6 Å².